The first kappa shape index (κ1) is 14.9. The average Bonchev–Trinajstić information content (AvgIpc) is 2.87. The lowest BCUT2D eigenvalue weighted by molar-refractivity contribution is 0.399. The number of hydrogen-bond acceptors (Lipinski definition) is 2. The predicted octanol–water partition coefficient (Wildman–Crippen LogP) is 4.47. The zero-order chi connectivity index (χ0) is 16.7. The highest BCUT2D eigenvalue weighted by Gasteiger charge is 2.30. The van der Waals surface area contributed by atoms with Gasteiger partial charge in [0.1, 0.15) is 0 Å². The van der Waals surface area contributed by atoms with Crippen LogP contribution in [0.3, 0.4) is 0 Å². The van der Waals surface area contributed by atoms with E-state index in [1.807, 2.05) is 37.3 Å². The number of fused-ring (bicyclic) bond motifs is 1. The van der Waals surface area contributed by atoms with Crippen LogP contribution in [0.4, 0.5) is 0 Å². The second-order valence-corrected chi connectivity index (χ2v) is 6.63. The van der Waals surface area contributed by atoms with E-state index in [1.165, 1.54) is 5.56 Å². The largest absolute Gasteiger partial charge is 0.494 e. The van der Waals surface area contributed by atoms with E-state index in [1.54, 1.807) is 4.57 Å². The molecule has 0 radical (unpaired) electrons. The summed E-state index contributed by atoms with van der Waals surface area (Å²) in [5, 5.41) is 21.4. The standard InChI is InChI=1S/C21H21NO2/c1-14-7-10-17(11-8-14)22-20(23)18-12-9-16(13-19(18)21(22)24)15-5-3-2-4-6-15/h2-8,10-11,16,23-24H,9,12-13H2,1H3. The number of hydrogen-bond donors (Lipinski definition) is 2. The van der Waals surface area contributed by atoms with Crippen molar-refractivity contribution in [1.82, 2.24) is 4.57 Å². The molecule has 0 spiro atoms. The van der Waals surface area contributed by atoms with Crippen LogP contribution in [0, 0.1) is 6.92 Å². The maximum absolute atomic E-state index is 10.7. The summed E-state index contributed by atoms with van der Waals surface area (Å²) in [7, 11) is 0. The Kier molecular flexibility index (Phi) is 3.57. The zero-order valence-corrected chi connectivity index (χ0v) is 13.7. The van der Waals surface area contributed by atoms with Gasteiger partial charge in [-0.3, -0.25) is 4.57 Å². The van der Waals surface area contributed by atoms with Crippen LogP contribution in [0.2, 0.25) is 0 Å². The summed E-state index contributed by atoms with van der Waals surface area (Å²) in [6.07, 6.45) is 2.53. The van der Waals surface area contributed by atoms with E-state index in [0.717, 1.165) is 41.6 Å². The lowest BCUT2D eigenvalue weighted by Crippen LogP contribution is -2.11. The van der Waals surface area contributed by atoms with Gasteiger partial charge in [0, 0.05) is 11.1 Å². The number of nitrogens with zero attached hydrogens (tertiary/aromatic N) is 1. The molecule has 2 N–H and O–H groups in total. The van der Waals surface area contributed by atoms with Gasteiger partial charge in [0.05, 0.1) is 5.69 Å². The average molecular weight is 319 g/mol. The fourth-order valence-electron chi connectivity index (χ4n) is 3.73. The van der Waals surface area contributed by atoms with Crippen molar-refractivity contribution in [1.29, 1.82) is 0 Å². The topological polar surface area (TPSA) is 45.4 Å². The van der Waals surface area contributed by atoms with E-state index in [9.17, 15) is 10.2 Å². The summed E-state index contributed by atoms with van der Waals surface area (Å²) in [6, 6.07) is 18.2. The van der Waals surface area contributed by atoms with E-state index < -0.39 is 0 Å². The highest BCUT2D eigenvalue weighted by atomic mass is 16.3. The molecular formula is C21H21NO2. The SMILES string of the molecule is Cc1ccc(-n2c(O)c3c(c2O)CC(c2ccccc2)CC3)cc1. The van der Waals surface area contributed by atoms with Crippen LogP contribution >= 0.6 is 0 Å². The number of benzene rings is 2. The van der Waals surface area contributed by atoms with Gasteiger partial charge in [0.2, 0.25) is 11.8 Å². The second kappa shape index (κ2) is 5.75. The fraction of sp³-hybridized carbons (Fsp3) is 0.238. The second-order valence-electron chi connectivity index (χ2n) is 6.63. The molecular weight excluding hydrogens is 298 g/mol. The Bertz CT molecular complexity index is 863. The van der Waals surface area contributed by atoms with Gasteiger partial charge in [-0.2, -0.15) is 0 Å². The Morgan fingerprint density at radius 3 is 2.25 bits per heavy atom. The van der Waals surface area contributed by atoms with Crippen molar-refractivity contribution in [3.8, 4) is 17.4 Å². The Hall–Kier alpha value is -2.68. The molecule has 1 unspecified atom stereocenters. The number of aryl methyl sites for hydroxylation is 1. The van der Waals surface area contributed by atoms with Crippen molar-refractivity contribution in [2.45, 2.75) is 32.1 Å². The van der Waals surface area contributed by atoms with Crippen LogP contribution < -0.4 is 0 Å². The Labute approximate surface area is 141 Å². The maximum Gasteiger partial charge on any atom is 0.202 e. The van der Waals surface area contributed by atoms with Crippen LogP contribution in [-0.4, -0.2) is 14.8 Å². The summed E-state index contributed by atoms with van der Waals surface area (Å²) >= 11 is 0. The van der Waals surface area contributed by atoms with E-state index in [4.69, 9.17) is 0 Å². The van der Waals surface area contributed by atoms with Crippen molar-refractivity contribution in [3.05, 3.63) is 76.9 Å². The van der Waals surface area contributed by atoms with Gasteiger partial charge in [0.25, 0.3) is 0 Å². The van der Waals surface area contributed by atoms with Crippen molar-refractivity contribution >= 4 is 0 Å². The Morgan fingerprint density at radius 1 is 0.875 bits per heavy atom. The molecule has 3 aromatic rings. The molecule has 0 saturated heterocycles. The van der Waals surface area contributed by atoms with E-state index in [2.05, 4.69) is 24.3 Å². The summed E-state index contributed by atoms with van der Waals surface area (Å²) < 4.78 is 1.57. The van der Waals surface area contributed by atoms with Gasteiger partial charge < -0.3 is 10.2 Å². The van der Waals surface area contributed by atoms with Gasteiger partial charge >= 0.3 is 0 Å². The highest BCUT2D eigenvalue weighted by molar-refractivity contribution is 5.54. The highest BCUT2D eigenvalue weighted by Crippen LogP contribution is 2.44. The molecule has 0 aliphatic heterocycles. The molecule has 1 atom stereocenters. The van der Waals surface area contributed by atoms with Crippen LogP contribution in [0.25, 0.3) is 5.69 Å². The molecule has 1 aromatic heterocycles. The van der Waals surface area contributed by atoms with Gasteiger partial charge in [-0.1, -0.05) is 48.0 Å². The molecule has 3 heteroatoms. The zero-order valence-electron chi connectivity index (χ0n) is 13.7. The molecule has 2 aromatic carbocycles. The third-order valence-corrected chi connectivity index (χ3v) is 5.08. The normalized spacial score (nSPS) is 16.8. The minimum Gasteiger partial charge on any atom is -0.494 e. The monoisotopic (exact) mass is 319 g/mol. The van der Waals surface area contributed by atoms with Crippen molar-refractivity contribution in [2.24, 2.45) is 0 Å². The molecule has 1 heterocycles. The smallest absolute Gasteiger partial charge is 0.202 e. The minimum absolute atomic E-state index is 0.173. The molecule has 24 heavy (non-hydrogen) atoms. The minimum atomic E-state index is 0.173. The molecule has 1 aliphatic carbocycles. The molecule has 0 fully saturated rings. The number of rotatable bonds is 2. The fourth-order valence-corrected chi connectivity index (χ4v) is 3.73. The van der Waals surface area contributed by atoms with E-state index >= 15 is 0 Å². The van der Waals surface area contributed by atoms with Crippen molar-refractivity contribution in [3.63, 3.8) is 0 Å². The van der Waals surface area contributed by atoms with Crippen LogP contribution in [0.1, 0.15) is 34.6 Å². The van der Waals surface area contributed by atoms with Crippen molar-refractivity contribution in [2.75, 3.05) is 0 Å². The van der Waals surface area contributed by atoms with E-state index in [-0.39, 0.29) is 11.8 Å². The molecule has 1 aliphatic rings. The first-order valence-corrected chi connectivity index (χ1v) is 8.41. The molecule has 3 nitrogen and oxygen atoms in total. The lowest BCUT2D eigenvalue weighted by atomic mass is 9.81. The van der Waals surface area contributed by atoms with Gasteiger partial charge in [-0.05, 0) is 49.8 Å². The summed E-state index contributed by atoms with van der Waals surface area (Å²) in [4.78, 5) is 0. The molecule has 0 saturated carbocycles. The molecule has 0 amide bonds. The molecule has 122 valence electrons. The Balaban J connectivity index is 1.75. The summed E-state index contributed by atoms with van der Waals surface area (Å²) in [5.41, 5.74) is 5.01. The van der Waals surface area contributed by atoms with E-state index in [0.29, 0.717) is 5.92 Å². The van der Waals surface area contributed by atoms with Crippen molar-refractivity contribution < 1.29 is 10.2 Å². The number of aromatic hydroxyl groups is 2. The lowest BCUT2D eigenvalue weighted by Gasteiger charge is -2.22. The first-order chi connectivity index (χ1) is 11.6. The third-order valence-electron chi connectivity index (χ3n) is 5.08. The molecule has 0 bridgehead atoms. The van der Waals surface area contributed by atoms with Crippen LogP contribution in [0.15, 0.2) is 54.6 Å². The molecule has 4 rings (SSSR count). The predicted molar refractivity (Wildman–Crippen MR) is 95.0 cm³/mol. The van der Waals surface area contributed by atoms with Crippen LogP contribution in [-0.2, 0) is 12.8 Å². The third kappa shape index (κ3) is 2.37. The van der Waals surface area contributed by atoms with Gasteiger partial charge in [0.15, 0.2) is 0 Å². The van der Waals surface area contributed by atoms with Gasteiger partial charge in [-0.15, -0.1) is 0 Å². The quantitative estimate of drug-likeness (QED) is 0.732. The maximum atomic E-state index is 10.7. The van der Waals surface area contributed by atoms with Crippen LogP contribution in [0.5, 0.6) is 11.8 Å². The Morgan fingerprint density at radius 2 is 1.54 bits per heavy atom. The number of aromatic nitrogens is 1. The first-order valence-electron chi connectivity index (χ1n) is 8.41. The summed E-state index contributed by atoms with van der Waals surface area (Å²) in [5.74, 6) is 0.739. The summed E-state index contributed by atoms with van der Waals surface area (Å²) in [6.45, 7) is 2.02. The van der Waals surface area contributed by atoms with Gasteiger partial charge in [-0.25, -0.2) is 0 Å².